The highest BCUT2D eigenvalue weighted by molar-refractivity contribution is 7.89. The van der Waals surface area contributed by atoms with Gasteiger partial charge >= 0.3 is 0 Å². The summed E-state index contributed by atoms with van der Waals surface area (Å²) in [4.78, 5) is 41.2. The predicted molar refractivity (Wildman–Crippen MR) is 134 cm³/mol. The highest BCUT2D eigenvalue weighted by atomic mass is 32.2. The highest BCUT2D eigenvalue weighted by Crippen LogP contribution is 2.28. The Morgan fingerprint density at radius 3 is 2.55 bits per heavy atom. The summed E-state index contributed by atoms with van der Waals surface area (Å²) < 4.78 is 38.3. The van der Waals surface area contributed by atoms with Crippen molar-refractivity contribution in [1.29, 1.82) is 0 Å². The molecule has 38 heavy (non-hydrogen) atoms. The molecule has 0 radical (unpaired) electrons. The molecule has 0 spiro atoms. The molecule has 3 saturated heterocycles. The summed E-state index contributed by atoms with van der Waals surface area (Å²) in [5.74, 6) is -1.07. The maximum absolute atomic E-state index is 13.8. The molecule has 3 atom stereocenters. The van der Waals surface area contributed by atoms with Crippen molar-refractivity contribution in [2.24, 2.45) is 0 Å². The van der Waals surface area contributed by atoms with E-state index in [2.05, 4.69) is 5.32 Å². The summed E-state index contributed by atoms with van der Waals surface area (Å²) in [6.07, 6.45) is 2.61. The van der Waals surface area contributed by atoms with Crippen molar-refractivity contribution in [3.63, 3.8) is 0 Å². The smallest absolute Gasteiger partial charge is 0.276 e. The number of aryl methyl sites for hydroxylation is 1. The zero-order valence-corrected chi connectivity index (χ0v) is 21.9. The Morgan fingerprint density at radius 1 is 1.13 bits per heavy atom. The number of benzene rings is 1. The second kappa shape index (κ2) is 10.5. The SMILES string of the molecule is Cc1oc(S(=O)(=O)N2CCCC2)cc1C(=O)NC(Cc1ccc(O)cc1)C(=O)N1CCCC2OCC(=O)C21. The van der Waals surface area contributed by atoms with Gasteiger partial charge in [-0.3, -0.25) is 14.4 Å². The van der Waals surface area contributed by atoms with E-state index in [1.165, 1.54) is 34.3 Å². The van der Waals surface area contributed by atoms with Gasteiger partial charge in [-0.15, -0.1) is 0 Å². The predicted octanol–water partition coefficient (Wildman–Crippen LogP) is 1.38. The summed E-state index contributed by atoms with van der Waals surface area (Å²) in [6, 6.07) is 5.73. The van der Waals surface area contributed by atoms with Crippen LogP contribution in [0.25, 0.3) is 0 Å². The molecule has 3 aliphatic rings. The fourth-order valence-corrected chi connectivity index (χ4v) is 6.90. The number of rotatable bonds is 7. The third-order valence-electron chi connectivity index (χ3n) is 7.41. The second-order valence-electron chi connectivity index (χ2n) is 9.98. The zero-order valence-electron chi connectivity index (χ0n) is 21.1. The van der Waals surface area contributed by atoms with E-state index in [0.717, 1.165) is 12.8 Å². The lowest BCUT2D eigenvalue weighted by Gasteiger charge is -2.37. The van der Waals surface area contributed by atoms with Crippen LogP contribution in [0.5, 0.6) is 5.75 Å². The number of hydrogen-bond acceptors (Lipinski definition) is 8. The fraction of sp³-hybridized carbons (Fsp3) is 0.500. The van der Waals surface area contributed by atoms with E-state index in [-0.39, 0.29) is 47.1 Å². The van der Waals surface area contributed by atoms with Crippen LogP contribution in [0.4, 0.5) is 0 Å². The molecule has 0 bridgehead atoms. The Labute approximate surface area is 220 Å². The van der Waals surface area contributed by atoms with Crippen LogP contribution in [0, 0.1) is 6.92 Å². The molecule has 5 rings (SSSR count). The molecule has 4 heterocycles. The number of Topliss-reactive ketones (excluding diaryl/α,β-unsaturated/α-hetero) is 1. The first-order chi connectivity index (χ1) is 18.1. The minimum absolute atomic E-state index is 0.0167. The average molecular weight is 546 g/mol. The quantitative estimate of drug-likeness (QED) is 0.531. The summed E-state index contributed by atoms with van der Waals surface area (Å²) in [6.45, 7) is 2.61. The van der Waals surface area contributed by atoms with Gasteiger partial charge in [0.15, 0.2) is 5.78 Å². The molecule has 2 amide bonds. The normalized spacial score (nSPS) is 22.9. The number of phenolic OH excluding ortho intramolecular Hbond substituents is 1. The van der Waals surface area contributed by atoms with E-state index >= 15 is 0 Å². The van der Waals surface area contributed by atoms with Crippen molar-refractivity contribution in [3.8, 4) is 5.75 Å². The largest absolute Gasteiger partial charge is 0.508 e. The molecule has 3 unspecified atom stereocenters. The Kier molecular flexibility index (Phi) is 7.30. The lowest BCUT2D eigenvalue weighted by atomic mass is 9.95. The molecule has 1 aromatic heterocycles. The molecular formula is C26H31N3O8S. The maximum atomic E-state index is 13.8. The van der Waals surface area contributed by atoms with Crippen LogP contribution in [-0.4, -0.2) is 84.8 Å². The van der Waals surface area contributed by atoms with Crippen LogP contribution in [0.15, 0.2) is 39.8 Å². The number of furan rings is 1. The molecule has 1 aromatic carbocycles. The number of piperidine rings is 1. The summed E-state index contributed by atoms with van der Waals surface area (Å²) in [5.41, 5.74) is 0.702. The van der Waals surface area contributed by atoms with Crippen molar-refractivity contribution in [2.75, 3.05) is 26.2 Å². The van der Waals surface area contributed by atoms with Crippen molar-refractivity contribution in [2.45, 2.75) is 62.3 Å². The van der Waals surface area contributed by atoms with Crippen molar-refractivity contribution >= 4 is 27.6 Å². The van der Waals surface area contributed by atoms with E-state index < -0.39 is 33.9 Å². The lowest BCUT2D eigenvalue weighted by Crippen LogP contribution is -2.58. The molecule has 2 aromatic rings. The van der Waals surface area contributed by atoms with E-state index in [1.54, 1.807) is 12.1 Å². The molecule has 11 nitrogen and oxygen atoms in total. The van der Waals surface area contributed by atoms with Crippen LogP contribution >= 0.6 is 0 Å². The van der Waals surface area contributed by atoms with Gasteiger partial charge in [-0.25, -0.2) is 8.42 Å². The Morgan fingerprint density at radius 2 is 1.84 bits per heavy atom. The van der Waals surface area contributed by atoms with Gasteiger partial charge in [0, 0.05) is 32.1 Å². The number of fused-ring (bicyclic) bond motifs is 1. The highest BCUT2D eigenvalue weighted by Gasteiger charge is 2.46. The van der Waals surface area contributed by atoms with Crippen LogP contribution in [0.3, 0.4) is 0 Å². The van der Waals surface area contributed by atoms with Gasteiger partial charge in [0.05, 0.1) is 11.7 Å². The lowest BCUT2D eigenvalue weighted by molar-refractivity contribution is -0.142. The van der Waals surface area contributed by atoms with Gasteiger partial charge < -0.3 is 24.5 Å². The van der Waals surface area contributed by atoms with Crippen LogP contribution in [0.2, 0.25) is 0 Å². The number of sulfonamides is 1. The molecule has 0 saturated carbocycles. The molecule has 204 valence electrons. The first-order valence-corrected chi connectivity index (χ1v) is 14.2. The molecule has 0 aliphatic carbocycles. The number of nitrogens with one attached hydrogen (secondary N) is 1. The first-order valence-electron chi connectivity index (χ1n) is 12.8. The summed E-state index contributed by atoms with van der Waals surface area (Å²) >= 11 is 0. The summed E-state index contributed by atoms with van der Waals surface area (Å²) in [5, 5.41) is 12.1. The number of amides is 2. The van der Waals surface area contributed by atoms with Crippen LogP contribution in [0.1, 0.15) is 47.4 Å². The van der Waals surface area contributed by atoms with Crippen LogP contribution < -0.4 is 5.32 Å². The van der Waals surface area contributed by atoms with E-state index in [4.69, 9.17) is 9.15 Å². The maximum Gasteiger partial charge on any atom is 0.276 e. The number of carbonyl (C=O) groups is 3. The fourth-order valence-electron chi connectivity index (χ4n) is 5.40. The van der Waals surface area contributed by atoms with E-state index in [0.29, 0.717) is 38.0 Å². The van der Waals surface area contributed by atoms with Crippen LogP contribution in [-0.2, 0) is 30.8 Å². The molecule has 3 aliphatic heterocycles. The van der Waals surface area contributed by atoms with Gasteiger partial charge in [0.1, 0.15) is 30.2 Å². The minimum atomic E-state index is -3.87. The number of likely N-dealkylation sites (tertiary alicyclic amines) is 1. The molecule has 2 N–H and O–H groups in total. The van der Waals surface area contributed by atoms with Gasteiger partial charge in [-0.2, -0.15) is 4.31 Å². The number of ether oxygens (including phenoxy) is 1. The number of carbonyl (C=O) groups excluding carboxylic acids is 3. The number of nitrogens with zero attached hydrogens (tertiary/aromatic N) is 2. The number of aromatic hydroxyl groups is 1. The Balaban J connectivity index is 1.40. The number of hydrogen-bond donors (Lipinski definition) is 2. The Hall–Kier alpha value is -3.22. The van der Waals surface area contributed by atoms with Crippen molar-refractivity contribution < 1.29 is 37.1 Å². The standard InChI is InChI=1S/C26H31N3O8S/c1-16-19(14-23(37-16)38(34,35)28-10-2-3-11-28)25(32)27-20(13-17-6-8-18(30)9-7-17)26(33)29-12-4-5-22-24(29)21(31)15-36-22/h6-9,14,20,22,24,30H,2-5,10-13,15H2,1H3,(H,27,32). The van der Waals surface area contributed by atoms with Gasteiger partial charge in [-0.1, -0.05) is 12.1 Å². The molecule has 12 heteroatoms. The average Bonchev–Trinajstić information content (AvgIpc) is 3.65. The monoisotopic (exact) mass is 545 g/mol. The number of ketones is 1. The second-order valence-corrected chi connectivity index (χ2v) is 11.8. The summed E-state index contributed by atoms with van der Waals surface area (Å²) in [7, 11) is -3.87. The third-order valence-corrected chi connectivity index (χ3v) is 9.16. The van der Waals surface area contributed by atoms with Gasteiger partial charge in [0.25, 0.3) is 15.9 Å². The van der Waals surface area contributed by atoms with Crippen molar-refractivity contribution in [3.05, 3.63) is 47.2 Å². The zero-order chi connectivity index (χ0) is 27.0. The van der Waals surface area contributed by atoms with E-state index in [9.17, 15) is 27.9 Å². The Bertz CT molecular complexity index is 1330. The first kappa shape index (κ1) is 26.4. The van der Waals surface area contributed by atoms with Crippen molar-refractivity contribution in [1.82, 2.24) is 14.5 Å². The van der Waals surface area contributed by atoms with Gasteiger partial charge in [-0.05, 0) is 50.3 Å². The number of phenols is 1. The van der Waals surface area contributed by atoms with Gasteiger partial charge in [0.2, 0.25) is 11.0 Å². The topological polar surface area (TPSA) is 146 Å². The minimum Gasteiger partial charge on any atom is -0.508 e. The molecule has 3 fully saturated rings. The van der Waals surface area contributed by atoms with E-state index in [1.807, 2.05) is 0 Å². The molecular weight excluding hydrogens is 514 g/mol. The third kappa shape index (κ3) is 5.07.